The number of hydrogen-bond acceptors (Lipinski definition) is 1. The number of hydrogen-bond donors (Lipinski definition) is 0. The Morgan fingerprint density at radius 2 is 1.64 bits per heavy atom. The molecule has 1 radical (unpaired) electrons. The number of rotatable bonds is 2. The van der Waals surface area contributed by atoms with Gasteiger partial charge in [0, 0.05) is 44.1 Å². The van der Waals surface area contributed by atoms with Gasteiger partial charge >= 0.3 is 0 Å². The van der Waals surface area contributed by atoms with Gasteiger partial charge in [-0.3, -0.25) is 4.57 Å². The van der Waals surface area contributed by atoms with Gasteiger partial charge in [0.2, 0.25) is 0 Å². The standard InChI is InChI=1S/C22H17N2.Y/c1-16-7-3-6-10-20(16)22-14-21(23-15-24(22)2)19-12-11-17-8-4-5-9-18(17)13-19;/h3-12,15H,1-2H3;/q-1;. The average molecular weight is 398 g/mol. The molecule has 0 atom stereocenters. The van der Waals surface area contributed by atoms with Crippen molar-refractivity contribution in [3.05, 3.63) is 84.7 Å². The molecule has 0 fully saturated rings. The molecule has 0 unspecified atom stereocenters. The second-order valence-electron chi connectivity index (χ2n) is 5.95. The third kappa shape index (κ3) is 3.56. The summed E-state index contributed by atoms with van der Waals surface area (Å²) >= 11 is 0. The second kappa shape index (κ2) is 7.55. The van der Waals surface area contributed by atoms with E-state index in [0.29, 0.717) is 0 Å². The maximum absolute atomic E-state index is 4.55. The summed E-state index contributed by atoms with van der Waals surface area (Å²) in [6.45, 7) is 2.12. The van der Waals surface area contributed by atoms with E-state index in [9.17, 15) is 0 Å². The summed E-state index contributed by atoms with van der Waals surface area (Å²) in [5, 5.41) is 2.28. The monoisotopic (exact) mass is 398 g/mol. The summed E-state index contributed by atoms with van der Waals surface area (Å²) in [6, 6.07) is 27.7. The van der Waals surface area contributed by atoms with Crippen molar-refractivity contribution in [2.75, 3.05) is 0 Å². The average Bonchev–Trinajstić information content (AvgIpc) is 2.62. The Balaban J connectivity index is 0.00000182. The molecule has 0 N–H and O–H groups in total. The zero-order chi connectivity index (χ0) is 16.5. The van der Waals surface area contributed by atoms with E-state index >= 15 is 0 Å². The van der Waals surface area contributed by atoms with Crippen molar-refractivity contribution in [1.82, 2.24) is 4.98 Å². The Kier molecular flexibility index (Phi) is 5.41. The summed E-state index contributed by atoms with van der Waals surface area (Å²) in [7, 11) is 2.00. The van der Waals surface area contributed by atoms with E-state index in [2.05, 4.69) is 72.6 Å². The van der Waals surface area contributed by atoms with E-state index < -0.39 is 0 Å². The zero-order valence-electron chi connectivity index (χ0n) is 14.3. The minimum atomic E-state index is 0. The van der Waals surface area contributed by atoms with E-state index in [1.54, 1.807) is 0 Å². The fourth-order valence-electron chi connectivity index (χ4n) is 2.92. The Labute approximate surface area is 173 Å². The zero-order valence-corrected chi connectivity index (χ0v) is 17.2. The second-order valence-corrected chi connectivity index (χ2v) is 5.95. The van der Waals surface area contributed by atoms with Gasteiger partial charge in [-0.1, -0.05) is 59.8 Å². The van der Waals surface area contributed by atoms with Crippen molar-refractivity contribution >= 4 is 10.8 Å². The molecular formula is C22H17N2Y-. The fraction of sp³-hybridized carbons (Fsp3) is 0.0909. The molecule has 3 aromatic carbocycles. The van der Waals surface area contributed by atoms with Gasteiger partial charge in [-0.05, 0) is 0 Å². The van der Waals surface area contributed by atoms with Gasteiger partial charge in [-0.15, -0.1) is 34.6 Å². The van der Waals surface area contributed by atoms with E-state index in [0.717, 1.165) is 22.3 Å². The van der Waals surface area contributed by atoms with Crippen LogP contribution in [0.5, 0.6) is 0 Å². The third-order valence-electron chi connectivity index (χ3n) is 4.26. The van der Waals surface area contributed by atoms with Crippen LogP contribution in [0.2, 0.25) is 0 Å². The minimum Gasteiger partial charge on any atom is -0.257 e. The van der Waals surface area contributed by atoms with Gasteiger partial charge < -0.3 is 0 Å². The SMILES string of the molecule is Cc1ccccc1-c1[c-]c(-c2[c-]c3ccccc3cc2)nc[n+]1C.[Y]. The summed E-state index contributed by atoms with van der Waals surface area (Å²) in [4.78, 5) is 4.55. The van der Waals surface area contributed by atoms with Crippen LogP contribution in [0.4, 0.5) is 0 Å². The molecule has 25 heavy (non-hydrogen) atoms. The van der Waals surface area contributed by atoms with Crippen molar-refractivity contribution in [1.29, 1.82) is 0 Å². The first-order valence-corrected chi connectivity index (χ1v) is 7.98. The minimum absolute atomic E-state index is 0. The van der Waals surface area contributed by atoms with Crippen LogP contribution < -0.4 is 4.57 Å². The van der Waals surface area contributed by atoms with Crippen LogP contribution in [0.15, 0.2) is 67.0 Å². The molecule has 0 aliphatic carbocycles. The molecule has 119 valence electrons. The number of fused-ring (bicyclic) bond motifs is 1. The number of aromatic nitrogens is 2. The topological polar surface area (TPSA) is 16.8 Å². The van der Waals surface area contributed by atoms with Gasteiger partial charge in [0.05, 0.1) is 7.05 Å². The van der Waals surface area contributed by atoms with Crippen molar-refractivity contribution in [3.8, 4) is 22.5 Å². The quantitative estimate of drug-likeness (QED) is 0.364. The first-order valence-electron chi connectivity index (χ1n) is 7.98. The molecule has 1 aromatic heterocycles. The summed E-state index contributed by atoms with van der Waals surface area (Å²) in [6.07, 6.45) is 1.84. The van der Waals surface area contributed by atoms with Crippen LogP contribution in [0, 0.1) is 19.1 Å². The molecular weight excluding hydrogens is 381 g/mol. The molecule has 0 saturated carbocycles. The van der Waals surface area contributed by atoms with Crippen LogP contribution in [0.3, 0.4) is 0 Å². The first-order chi connectivity index (χ1) is 11.7. The largest absolute Gasteiger partial charge is 0.274 e. The predicted octanol–water partition coefficient (Wildman–Crippen LogP) is 4.30. The maximum Gasteiger partial charge on any atom is 0.274 e. The summed E-state index contributed by atoms with van der Waals surface area (Å²) < 4.78 is 2.01. The molecule has 4 rings (SSSR count). The molecule has 2 nitrogen and oxygen atoms in total. The van der Waals surface area contributed by atoms with Crippen LogP contribution in [0.1, 0.15) is 5.56 Å². The molecule has 4 aromatic rings. The third-order valence-corrected chi connectivity index (χ3v) is 4.26. The Hall–Kier alpha value is -1.90. The van der Waals surface area contributed by atoms with Crippen molar-refractivity contribution < 1.29 is 37.3 Å². The first kappa shape index (κ1) is 17.9. The van der Waals surface area contributed by atoms with E-state index in [1.165, 1.54) is 16.5 Å². The van der Waals surface area contributed by atoms with Crippen molar-refractivity contribution in [2.45, 2.75) is 6.92 Å². The van der Waals surface area contributed by atoms with Gasteiger partial charge in [0.1, 0.15) is 0 Å². The van der Waals surface area contributed by atoms with Crippen LogP contribution in [-0.2, 0) is 39.8 Å². The molecule has 1 heterocycles. The molecule has 0 amide bonds. The smallest absolute Gasteiger partial charge is 0.257 e. The van der Waals surface area contributed by atoms with Gasteiger partial charge in [0.15, 0.2) is 0 Å². The molecule has 0 aliphatic rings. The van der Waals surface area contributed by atoms with Gasteiger partial charge in [-0.2, -0.15) is 17.7 Å². The van der Waals surface area contributed by atoms with Crippen LogP contribution >= 0.6 is 0 Å². The summed E-state index contributed by atoms with van der Waals surface area (Å²) in [5.74, 6) is 0. The molecule has 0 spiro atoms. The Bertz CT molecular complexity index is 1040. The summed E-state index contributed by atoms with van der Waals surface area (Å²) in [5.41, 5.74) is 5.20. The normalized spacial score (nSPS) is 10.5. The number of benzene rings is 3. The van der Waals surface area contributed by atoms with E-state index in [4.69, 9.17) is 0 Å². The van der Waals surface area contributed by atoms with Crippen LogP contribution in [-0.4, -0.2) is 4.98 Å². The fourth-order valence-corrected chi connectivity index (χ4v) is 2.92. The van der Waals surface area contributed by atoms with Crippen molar-refractivity contribution in [2.24, 2.45) is 7.05 Å². The maximum atomic E-state index is 4.55. The molecule has 3 heteroatoms. The van der Waals surface area contributed by atoms with Crippen LogP contribution in [0.25, 0.3) is 33.3 Å². The predicted molar refractivity (Wildman–Crippen MR) is 96.2 cm³/mol. The van der Waals surface area contributed by atoms with Crippen molar-refractivity contribution in [3.63, 3.8) is 0 Å². The molecule has 0 saturated heterocycles. The Morgan fingerprint density at radius 3 is 2.48 bits per heavy atom. The van der Waals surface area contributed by atoms with Gasteiger partial charge in [0.25, 0.3) is 6.33 Å². The van der Waals surface area contributed by atoms with E-state index in [-0.39, 0.29) is 32.7 Å². The number of nitrogens with zero attached hydrogens (tertiary/aromatic N) is 2. The number of aryl methyl sites for hydroxylation is 2. The molecule has 0 aliphatic heterocycles. The Morgan fingerprint density at radius 1 is 0.880 bits per heavy atom. The molecule has 0 bridgehead atoms. The van der Waals surface area contributed by atoms with E-state index in [1.807, 2.05) is 30.1 Å². The van der Waals surface area contributed by atoms with Gasteiger partial charge in [-0.25, -0.2) is 0 Å².